The van der Waals surface area contributed by atoms with Crippen LogP contribution in [0.4, 0.5) is 0 Å². The lowest BCUT2D eigenvalue weighted by molar-refractivity contribution is -0.133. The summed E-state index contributed by atoms with van der Waals surface area (Å²) in [6.45, 7) is 2.86. The molecule has 6 nitrogen and oxygen atoms in total. The lowest BCUT2D eigenvalue weighted by Gasteiger charge is -2.44. The Morgan fingerprint density at radius 3 is 2.50 bits per heavy atom. The Labute approximate surface area is 198 Å². The van der Waals surface area contributed by atoms with Crippen LogP contribution in [0.5, 0.6) is 5.75 Å². The molecule has 2 amide bonds. The normalized spacial score (nSPS) is 17.5. The zero-order chi connectivity index (χ0) is 23.7. The van der Waals surface area contributed by atoms with Crippen LogP contribution >= 0.6 is 0 Å². The van der Waals surface area contributed by atoms with Gasteiger partial charge in [0.05, 0.1) is 20.2 Å². The number of amides is 2. The van der Waals surface area contributed by atoms with Crippen LogP contribution in [0.15, 0.2) is 84.9 Å². The lowest BCUT2D eigenvalue weighted by atomic mass is 9.93. The minimum absolute atomic E-state index is 0.175. The van der Waals surface area contributed by atoms with Gasteiger partial charge in [0.15, 0.2) is 0 Å². The number of ether oxygens (including phenoxy) is 1. The average Bonchev–Trinajstić information content (AvgIpc) is 3.24. The van der Waals surface area contributed by atoms with Gasteiger partial charge in [-0.3, -0.25) is 9.59 Å². The van der Waals surface area contributed by atoms with E-state index in [0.29, 0.717) is 24.5 Å². The molecular weight excluding hydrogens is 426 g/mol. The van der Waals surface area contributed by atoms with Gasteiger partial charge in [-0.05, 0) is 30.7 Å². The van der Waals surface area contributed by atoms with Gasteiger partial charge in [0.1, 0.15) is 17.0 Å². The minimum Gasteiger partial charge on any atom is -0.496 e. The Hall–Kier alpha value is -4.06. The van der Waals surface area contributed by atoms with Gasteiger partial charge < -0.3 is 19.5 Å². The third-order valence-corrected chi connectivity index (χ3v) is 6.64. The third kappa shape index (κ3) is 3.71. The molecule has 5 rings (SSSR count). The number of nitrogens with one attached hydrogen (secondary N) is 1. The van der Waals surface area contributed by atoms with Crippen molar-refractivity contribution in [3.63, 3.8) is 0 Å². The number of aromatic nitrogens is 1. The fourth-order valence-corrected chi connectivity index (χ4v) is 4.73. The van der Waals surface area contributed by atoms with Gasteiger partial charge in [0, 0.05) is 23.0 Å². The summed E-state index contributed by atoms with van der Waals surface area (Å²) in [4.78, 5) is 29.3. The molecule has 0 radical (unpaired) electrons. The number of rotatable bonds is 6. The van der Waals surface area contributed by atoms with Gasteiger partial charge in [-0.2, -0.15) is 0 Å². The number of hydrogen-bond acceptors (Lipinski definition) is 3. The summed E-state index contributed by atoms with van der Waals surface area (Å²) in [5.41, 5.74) is 2.30. The van der Waals surface area contributed by atoms with Crippen LogP contribution in [0.1, 0.15) is 28.5 Å². The molecule has 1 aromatic heterocycles. The van der Waals surface area contributed by atoms with E-state index in [0.717, 1.165) is 22.0 Å². The average molecular weight is 454 g/mol. The highest BCUT2D eigenvalue weighted by molar-refractivity contribution is 6.03. The number of carbonyl (C=O) groups excluding carboxylic acids is 2. The zero-order valence-electron chi connectivity index (χ0n) is 19.3. The maximum atomic E-state index is 13.9. The van der Waals surface area contributed by atoms with Crippen LogP contribution in [-0.2, 0) is 24.4 Å². The highest BCUT2D eigenvalue weighted by Crippen LogP contribution is 2.34. The van der Waals surface area contributed by atoms with E-state index in [9.17, 15) is 9.59 Å². The van der Waals surface area contributed by atoms with Crippen molar-refractivity contribution in [2.45, 2.75) is 32.1 Å². The van der Waals surface area contributed by atoms with E-state index in [1.54, 1.807) is 12.0 Å². The first-order valence-corrected chi connectivity index (χ1v) is 11.4. The summed E-state index contributed by atoms with van der Waals surface area (Å²) in [6.07, 6.45) is 0. The van der Waals surface area contributed by atoms with Crippen LogP contribution in [0.25, 0.3) is 10.9 Å². The fourth-order valence-electron chi connectivity index (χ4n) is 4.73. The Morgan fingerprint density at radius 1 is 1.00 bits per heavy atom. The number of para-hydroxylation sites is 2. The highest BCUT2D eigenvalue weighted by atomic mass is 16.5. The van der Waals surface area contributed by atoms with Crippen LogP contribution in [0.3, 0.4) is 0 Å². The first-order chi connectivity index (χ1) is 16.5. The topological polar surface area (TPSA) is 63.6 Å². The van der Waals surface area contributed by atoms with Crippen molar-refractivity contribution < 1.29 is 14.3 Å². The molecule has 0 bridgehead atoms. The van der Waals surface area contributed by atoms with Crippen molar-refractivity contribution in [3.05, 3.63) is 102 Å². The lowest BCUT2D eigenvalue weighted by Crippen LogP contribution is -2.63. The largest absolute Gasteiger partial charge is 0.496 e. The van der Waals surface area contributed by atoms with E-state index in [1.807, 2.05) is 96.4 Å². The molecule has 1 aliphatic rings. The van der Waals surface area contributed by atoms with Gasteiger partial charge >= 0.3 is 0 Å². The van der Waals surface area contributed by atoms with Crippen molar-refractivity contribution >= 4 is 22.7 Å². The molecule has 1 atom stereocenters. The number of benzene rings is 3. The first kappa shape index (κ1) is 21.8. The molecule has 0 fully saturated rings. The molecule has 172 valence electrons. The smallest absolute Gasteiger partial charge is 0.271 e. The van der Waals surface area contributed by atoms with Gasteiger partial charge in [0.25, 0.3) is 5.91 Å². The first-order valence-electron chi connectivity index (χ1n) is 11.4. The molecule has 0 spiro atoms. The molecule has 0 saturated heterocycles. The number of methoxy groups -OCH3 is 1. The second-order valence-electron chi connectivity index (χ2n) is 8.82. The van der Waals surface area contributed by atoms with E-state index in [-0.39, 0.29) is 18.4 Å². The molecule has 0 saturated carbocycles. The molecule has 1 N–H and O–H groups in total. The standard InChI is InChI=1S/C28H27N3O3/c1-28(27(33)29-17-20-10-4-3-5-11-20)19-30-23-14-8-6-12-21(23)16-24(30)26(32)31(28)18-22-13-7-9-15-25(22)34-2/h3-16H,17-19H2,1-2H3,(H,29,33)/t28-/m0/s1. The Kier molecular flexibility index (Phi) is 5.57. The predicted octanol–water partition coefficient (Wildman–Crippen LogP) is 4.38. The van der Waals surface area contributed by atoms with E-state index >= 15 is 0 Å². The Morgan fingerprint density at radius 2 is 1.71 bits per heavy atom. The molecule has 6 heteroatoms. The van der Waals surface area contributed by atoms with Gasteiger partial charge in [0.2, 0.25) is 5.91 Å². The predicted molar refractivity (Wildman–Crippen MR) is 131 cm³/mol. The second-order valence-corrected chi connectivity index (χ2v) is 8.82. The Bertz CT molecular complexity index is 1360. The molecule has 0 aliphatic carbocycles. The van der Waals surface area contributed by atoms with Gasteiger partial charge in [-0.25, -0.2) is 0 Å². The van der Waals surface area contributed by atoms with E-state index < -0.39 is 5.54 Å². The number of carbonyl (C=O) groups is 2. The van der Waals surface area contributed by atoms with Gasteiger partial charge in [-0.15, -0.1) is 0 Å². The SMILES string of the molecule is COc1ccccc1CN1C(=O)c2cc3ccccc3n2C[C@@]1(C)C(=O)NCc1ccccc1. The van der Waals surface area contributed by atoms with Crippen molar-refractivity contribution in [2.75, 3.05) is 7.11 Å². The van der Waals surface area contributed by atoms with Crippen molar-refractivity contribution in [1.29, 1.82) is 0 Å². The molecular formula is C28H27N3O3. The van der Waals surface area contributed by atoms with Crippen molar-refractivity contribution in [1.82, 2.24) is 14.8 Å². The van der Waals surface area contributed by atoms with E-state index in [2.05, 4.69) is 5.32 Å². The summed E-state index contributed by atoms with van der Waals surface area (Å²) in [7, 11) is 1.61. The molecule has 0 unspecified atom stereocenters. The summed E-state index contributed by atoms with van der Waals surface area (Å²) < 4.78 is 7.50. The summed E-state index contributed by atoms with van der Waals surface area (Å²) in [6, 6.07) is 27.2. The van der Waals surface area contributed by atoms with Crippen molar-refractivity contribution in [2.24, 2.45) is 0 Å². The Balaban J connectivity index is 1.55. The van der Waals surface area contributed by atoms with E-state index in [1.165, 1.54) is 0 Å². The summed E-state index contributed by atoms with van der Waals surface area (Å²) in [5.74, 6) is 0.321. The maximum Gasteiger partial charge on any atom is 0.271 e. The minimum atomic E-state index is -1.10. The maximum absolute atomic E-state index is 13.9. The van der Waals surface area contributed by atoms with Crippen LogP contribution in [-0.4, -0.2) is 33.9 Å². The zero-order valence-corrected chi connectivity index (χ0v) is 19.3. The van der Waals surface area contributed by atoms with Crippen molar-refractivity contribution in [3.8, 4) is 5.75 Å². The quantitative estimate of drug-likeness (QED) is 0.471. The monoisotopic (exact) mass is 453 g/mol. The van der Waals surface area contributed by atoms with Crippen LogP contribution in [0, 0.1) is 0 Å². The summed E-state index contributed by atoms with van der Waals surface area (Å²) in [5, 5.41) is 4.05. The molecule has 1 aliphatic heterocycles. The number of nitrogens with zero attached hydrogens (tertiary/aromatic N) is 2. The third-order valence-electron chi connectivity index (χ3n) is 6.64. The molecule has 34 heavy (non-hydrogen) atoms. The van der Waals surface area contributed by atoms with Crippen LogP contribution in [0.2, 0.25) is 0 Å². The number of hydrogen-bond donors (Lipinski definition) is 1. The number of fused-ring (bicyclic) bond motifs is 3. The summed E-state index contributed by atoms with van der Waals surface area (Å²) >= 11 is 0. The van der Waals surface area contributed by atoms with E-state index in [4.69, 9.17) is 4.74 Å². The molecule has 4 aromatic rings. The molecule has 2 heterocycles. The highest BCUT2D eigenvalue weighted by Gasteiger charge is 2.47. The molecule has 3 aromatic carbocycles. The second kappa shape index (κ2) is 8.71. The van der Waals surface area contributed by atoms with Gasteiger partial charge in [-0.1, -0.05) is 66.7 Å². The fraction of sp³-hybridized carbons (Fsp3) is 0.214. The van der Waals surface area contributed by atoms with Crippen LogP contribution < -0.4 is 10.1 Å².